The molecule has 0 saturated carbocycles. The first kappa shape index (κ1) is 22.5. The van der Waals surface area contributed by atoms with E-state index < -0.39 is 0 Å². The number of carbonyl (C=O) groups is 2. The number of carbonyl (C=O) groups excluding carboxylic acids is 2. The fourth-order valence-electron chi connectivity index (χ4n) is 3.53. The molecule has 1 aromatic carbocycles. The number of halogens is 1. The van der Waals surface area contributed by atoms with Crippen molar-refractivity contribution in [3.8, 4) is 5.75 Å². The van der Waals surface area contributed by atoms with E-state index in [1.54, 1.807) is 7.11 Å². The van der Waals surface area contributed by atoms with E-state index in [2.05, 4.69) is 5.32 Å². The summed E-state index contributed by atoms with van der Waals surface area (Å²) in [5.74, 6) is 1.06. The first-order valence-electron chi connectivity index (χ1n) is 9.68. The van der Waals surface area contributed by atoms with Crippen molar-refractivity contribution in [3.05, 3.63) is 29.8 Å². The van der Waals surface area contributed by atoms with Crippen molar-refractivity contribution in [2.45, 2.75) is 25.3 Å². The van der Waals surface area contributed by atoms with Crippen molar-refractivity contribution >= 4 is 24.2 Å². The zero-order valence-electron chi connectivity index (χ0n) is 16.4. The molecular weight excluding hydrogens is 382 g/mol. The minimum absolute atomic E-state index is 0. The highest BCUT2D eigenvalue weighted by atomic mass is 35.5. The molecule has 7 nitrogen and oxygen atoms in total. The minimum atomic E-state index is -0.254. The van der Waals surface area contributed by atoms with E-state index >= 15 is 0 Å². The third-order valence-electron chi connectivity index (χ3n) is 5.17. The summed E-state index contributed by atoms with van der Waals surface area (Å²) in [4.78, 5) is 29.0. The summed E-state index contributed by atoms with van der Waals surface area (Å²) in [5, 5.41) is 3.21. The standard InChI is InChI=1S/C20H29N3O4.ClH/c1-26-17-6-3-16(4-7-17)5-8-19(24)22-10-2-11-23(13-12-22)20(25)18-15-27-14-9-21-18;/h3-4,6-7,18,21H,2,5,8-15H2,1H3;1H. The van der Waals surface area contributed by atoms with Crippen LogP contribution < -0.4 is 10.1 Å². The molecule has 2 aliphatic rings. The van der Waals surface area contributed by atoms with Crippen LogP contribution in [0, 0.1) is 0 Å². The van der Waals surface area contributed by atoms with E-state index in [0.717, 1.165) is 17.7 Å². The van der Waals surface area contributed by atoms with Crippen molar-refractivity contribution in [3.63, 3.8) is 0 Å². The van der Waals surface area contributed by atoms with Crippen LogP contribution in [0.2, 0.25) is 0 Å². The molecule has 0 aromatic heterocycles. The molecular formula is C20H30ClN3O4. The Bertz CT molecular complexity index is 635. The van der Waals surface area contributed by atoms with Crippen LogP contribution in [0.3, 0.4) is 0 Å². The third kappa shape index (κ3) is 6.09. The molecule has 0 spiro atoms. The predicted octanol–water partition coefficient (Wildman–Crippen LogP) is 1.10. The number of rotatable bonds is 5. The van der Waals surface area contributed by atoms with Crippen LogP contribution >= 0.6 is 12.4 Å². The number of benzene rings is 1. The minimum Gasteiger partial charge on any atom is -0.497 e. The van der Waals surface area contributed by atoms with Crippen LogP contribution in [0.5, 0.6) is 5.75 Å². The summed E-state index contributed by atoms with van der Waals surface area (Å²) < 4.78 is 10.5. The molecule has 2 heterocycles. The number of hydrogen-bond donors (Lipinski definition) is 1. The Morgan fingerprint density at radius 2 is 1.86 bits per heavy atom. The molecule has 28 heavy (non-hydrogen) atoms. The number of amides is 2. The Labute approximate surface area is 172 Å². The van der Waals surface area contributed by atoms with Gasteiger partial charge in [0, 0.05) is 39.1 Å². The van der Waals surface area contributed by atoms with Gasteiger partial charge >= 0.3 is 0 Å². The van der Waals surface area contributed by atoms with Crippen molar-refractivity contribution in [2.24, 2.45) is 0 Å². The average Bonchev–Trinajstić information content (AvgIpc) is 2.99. The lowest BCUT2D eigenvalue weighted by Gasteiger charge is -2.29. The average molecular weight is 412 g/mol. The number of ether oxygens (including phenoxy) is 2. The molecule has 1 atom stereocenters. The Kier molecular flexibility index (Phi) is 9.02. The quantitative estimate of drug-likeness (QED) is 0.785. The van der Waals surface area contributed by atoms with Crippen LogP contribution in [0.4, 0.5) is 0 Å². The van der Waals surface area contributed by atoms with Crippen LogP contribution in [-0.4, -0.2) is 80.7 Å². The zero-order valence-corrected chi connectivity index (χ0v) is 17.2. The van der Waals surface area contributed by atoms with Gasteiger partial charge in [0.05, 0.1) is 20.3 Å². The lowest BCUT2D eigenvalue weighted by Crippen LogP contribution is -2.53. The number of nitrogens with one attached hydrogen (secondary N) is 1. The van der Waals surface area contributed by atoms with Gasteiger partial charge in [-0.15, -0.1) is 12.4 Å². The van der Waals surface area contributed by atoms with E-state index in [1.165, 1.54) is 0 Å². The Morgan fingerprint density at radius 1 is 1.14 bits per heavy atom. The smallest absolute Gasteiger partial charge is 0.242 e. The Hall–Kier alpha value is -1.83. The van der Waals surface area contributed by atoms with Gasteiger partial charge in [-0.25, -0.2) is 0 Å². The molecule has 3 rings (SSSR count). The molecule has 0 aliphatic carbocycles. The molecule has 2 saturated heterocycles. The van der Waals surface area contributed by atoms with E-state index in [0.29, 0.717) is 58.8 Å². The molecule has 2 fully saturated rings. The number of morpholine rings is 1. The molecule has 0 bridgehead atoms. The van der Waals surface area contributed by atoms with Crippen LogP contribution in [0.25, 0.3) is 0 Å². The molecule has 1 unspecified atom stereocenters. The fraction of sp³-hybridized carbons (Fsp3) is 0.600. The maximum Gasteiger partial charge on any atom is 0.242 e. The van der Waals surface area contributed by atoms with Crippen molar-refractivity contribution < 1.29 is 19.1 Å². The highest BCUT2D eigenvalue weighted by molar-refractivity contribution is 5.85. The fourth-order valence-corrected chi connectivity index (χ4v) is 3.53. The number of hydrogen-bond acceptors (Lipinski definition) is 5. The summed E-state index contributed by atoms with van der Waals surface area (Å²) in [7, 11) is 1.64. The van der Waals surface area contributed by atoms with Gasteiger partial charge in [-0.2, -0.15) is 0 Å². The first-order chi connectivity index (χ1) is 13.2. The summed E-state index contributed by atoms with van der Waals surface area (Å²) in [5.41, 5.74) is 1.12. The second kappa shape index (κ2) is 11.2. The Morgan fingerprint density at radius 3 is 2.54 bits per heavy atom. The lowest BCUT2D eigenvalue weighted by molar-refractivity contribution is -0.137. The van der Waals surface area contributed by atoms with Crippen molar-refractivity contribution in [1.29, 1.82) is 0 Å². The second-order valence-electron chi connectivity index (χ2n) is 6.99. The maximum atomic E-state index is 12.6. The number of aryl methyl sites for hydroxylation is 1. The van der Waals surface area contributed by atoms with E-state index in [4.69, 9.17) is 9.47 Å². The normalized spacial score (nSPS) is 20.1. The van der Waals surface area contributed by atoms with Gasteiger partial charge < -0.3 is 24.6 Å². The first-order valence-corrected chi connectivity index (χ1v) is 9.68. The largest absolute Gasteiger partial charge is 0.497 e. The summed E-state index contributed by atoms with van der Waals surface area (Å²) in [6, 6.07) is 7.56. The van der Waals surface area contributed by atoms with Gasteiger partial charge in [-0.3, -0.25) is 9.59 Å². The van der Waals surface area contributed by atoms with Crippen molar-refractivity contribution in [2.75, 3.05) is 53.0 Å². The summed E-state index contributed by atoms with van der Waals surface area (Å²) in [6.45, 7) is 4.38. The highest BCUT2D eigenvalue weighted by Gasteiger charge is 2.28. The van der Waals surface area contributed by atoms with E-state index in [1.807, 2.05) is 34.1 Å². The lowest BCUT2D eigenvalue weighted by atomic mass is 10.1. The van der Waals surface area contributed by atoms with Gasteiger partial charge in [0.2, 0.25) is 11.8 Å². The molecule has 156 valence electrons. The third-order valence-corrected chi connectivity index (χ3v) is 5.17. The summed E-state index contributed by atoms with van der Waals surface area (Å²) in [6.07, 6.45) is 2.01. The predicted molar refractivity (Wildman–Crippen MR) is 109 cm³/mol. The maximum absolute atomic E-state index is 12.6. The number of methoxy groups -OCH3 is 1. The van der Waals surface area contributed by atoms with Gasteiger partial charge in [-0.1, -0.05) is 12.1 Å². The topological polar surface area (TPSA) is 71.1 Å². The van der Waals surface area contributed by atoms with Gasteiger partial charge in [-0.05, 0) is 30.5 Å². The monoisotopic (exact) mass is 411 g/mol. The highest BCUT2D eigenvalue weighted by Crippen LogP contribution is 2.14. The van der Waals surface area contributed by atoms with Crippen molar-refractivity contribution in [1.82, 2.24) is 15.1 Å². The van der Waals surface area contributed by atoms with Crippen LogP contribution in [0.1, 0.15) is 18.4 Å². The molecule has 0 radical (unpaired) electrons. The molecule has 1 aromatic rings. The molecule has 8 heteroatoms. The molecule has 2 amide bonds. The summed E-state index contributed by atoms with van der Waals surface area (Å²) >= 11 is 0. The van der Waals surface area contributed by atoms with Crippen LogP contribution in [-0.2, 0) is 20.7 Å². The van der Waals surface area contributed by atoms with Gasteiger partial charge in [0.1, 0.15) is 11.8 Å². The number of nitrogens with zero attached hydrogens (tertiary/aromatic N) is 2. The second-order valence-corrected chi connectivity index (χ2v) is 6.99. The molecule has 1 N–H and O–H groups in total. The Balaban J connectivity index is 0.00000280. The van der Waals surface area contributed by atoms with E-state index in [9.17, 15) is 9.59 Å². The van der Waals surface area contributed by atoms with Crippen LogP contribution in [0.15, 0.2) is 24.3 Å². The molecule has 2 aliphatic heterocycles. The van der Waals surface area contributed by atoms with Gasteiger partial charge in [0.15, 0.2) is 0 Å². The SMILES string of the molecule is COc1ccc(CCC(=O)N2CCCN(C(=O)C3COCCN3)CC2)cc1.Cl. The van der Waals surface area contributed by atoms with E-state index in [-0.39, 0.29) is 30.3 Å². The van der Waals surface area contributed by atoms with Gasteiger partial charge in [0.25, 0.3) is 0 Å². The zero-order chi connectivity index (χ0) is 19.1.